The van der Waals surface area contributed by atoms with E-state index in [1.165, 1.54) is 12.1 Å². The van der Waals surface area contributed by atoms with Gasteiger partial charge in [0.05, 0.1) is 5.69 Å². The van der Waals surface area contributed by atoms with Crippen LogP contribution in [0.3, 0.4) is 0 Å². The van der Waals surface area contributed by atoms with Crippen LogP contribution in [0.25, 0.3) is 5.69 Å². The standard InChI is InChI=1S/C22H28F3N5O2/c1-16-14-21(26-30(16)18-2-3-19-20(15-18)32-22(24,25)31-19)29-12-10-28(11-13-29)9-8-27-6-4-17(23)5-7-27/h2-3,14-15,17H,4-13H2,1H3. The van der Waals surface area contributed by atoms with E-state index in [9.17, 15) is 13.2 Å². The minimum absolute atomic E-state index is 0.00769. The summed E-state index contributed by atoms with van der Waals surface area (Å²) in [7, 11) is 0. The summed E-state index contributed by atoms with van der Waals surface area (Å²) in [5.41, 5.74) is 1.55. The van der Waals surface area contributed by atoms with Crippen molar-refractivity contribution in [3.05, 3.63) is 30.0 Å². The number of alkyl halides is 3. The molecule has 0 unspecified atom stereocenters. The zero-order chi connectivity index (χ0) is 22.3. The first-order valence-electron chi connectivity index (χ1n) is 11.2. The van der Waals surface area contributed by atoms with Gasteiger partial charge in [-0.3, -0.25) is 4.90 Å². The molecule has 2 saturated heterocycles. The Labute approximate surface area is 185 Å². The Bertz CT molecular complexity index is 953. The lowest BCUT2D eigenvalue weighted by Gasteiger charge is -2.36. The lowest BCUT2D eigenvalue weighted by molar-refractivity contribution is -0.286. The average molecular weight is 451 g/mol. The predicted molar refractivity (Wildman–Crippen MR) is 114 cm³/mol. The molecule has 1 aromatic carbocycles. The van der Waals surface area contributed by atoms with Gasteiger partial charge in [-0.2, -0.15) is 5.10 Å². The first-order chi connectivity index (χ1) is 15.4. The van der Waals surface area contributed by atoms with Crippen LogP contribution in [-0.2, 0) is 0 Å². The van der Waals surface area contributed by atoms with Crippen LogP contribution in [0.4, 0.5) is 19.0 Å². The molecule has 2 aromatic rings. The second-order valence-corrected chi connectivity index (χ2v) is 8.70. The van der Waals surface area contributed by atoms with Crippen LogP contribution in [0.15, 0.2) is 24.3 Å². The first-order valence-corrected chi connectivity index (χ1v) is 11.2. The molecule has 3 aliphatic heterocycles. The highest BCUT2D eigenvalue weighted by molar-refractivity contribution is 5.52. The number of fused-ring (bicyclic) bond motifs is 1. The zero-order valence-corrected chi connectivity index (χ0v) is 18.1. The highest BCUT2D eigenvalue weighted by atomic mass is 19.3. The summed E-state index contributed by atoms with van der Waals surface area (Å²) >= 11 is 0. The second-order valence-electron chi connectivity index (χ2n) is 8.70. The molecule has 4 heterocycles. The number of aryl methyl sites for hydroxylation is 1. The summed E-state index contributed by atoms with van der Waals surface area (Å²) in [6.07, 6.45) is -2.95. The van der Waals surface area contributed by atoms with E-state index in [0.29, 0.717) is 18.5 Å². The molecule has 0 N–H and O–H groups in total. The fourth-order valence-electron chi connectivity index (χ4n) is 4.55. The van der Waals surface area contributed by atoms with Crippen LogP contribution >= 0.6 is 0 Å². The Morgan fingerprint density at radius 3 is 2.31 bits per heavy atom. The van der Waals surface area contributed by atoms with Crippen molar-refractivity contribution in [1.29, 1.82) is 0 Å². The Hall–Kier alpha value is -2.46. The number of piperazine rings is 1. The summed E-state index contributed by atoms with van der Waals surface area (Å²) in [6, 6.07) is 6.69. The maximum atomic E-state index is 13.3. The largest absolute Gasteiger partial charge is 0.586 e. The summed E-state index contributed by atoms with van der Waals surface area (Å²) in [6.45, 7) is 9.28. The third-order valence-electron chi connectivity index (χ3n) is 6.45. The molecule has 32 heavy (non-hydrogen) atoms. The van der Waals surface area contributed by atoms with E-state index in [0.717, 1.165) is 63.9 Å². The third-order valence-corrected chi connectivity index (χ3v) is 6.45. The molecule has 0 spiro atoms. The molecule has 0 aliphatic carbocycles. The molecular formula is C22H28F3N5O2. The van der Waals surface area contributed by atoms with E-state index in [1.807, 2.05) is 13.0 Å². The molecule has 5 rings (SSSR count). The van der Waals surface area contributed by atoms with Crippen LogP contribution in [0.5, 0.6) is 11.5 Å². The maximum Gasteiger partial charge on any atom is 0.586 e. The predicted octanol–water partition coefficient (Wildman–Crippen LogP) is 3.06. The molecular weight excluding hydrogens is 423 g/mol. The van der Waals surface area contributed by atoms with Gasteiger partial charge in [0.25, 0.3) is 0 Å². The second kappa shape index (κ2) is 8.47. The van der Waals surface area contributed by atoms with E-state index in [-0.39, 0.29) is 11.5 Å². The van der Waals surface area contributed by atoms with Crippen molar-refractivity contribution in [2.75, 3.05) is 57.3 Å². The van der Waals surface area contributed by atoms with Gasteiger partial charge in [-0.05, 0) is 31.9 Å². The van der Waals surface area contributed by atoms with Crippen molar-refractivity contribution in [2.45, 2.75) is 32.2 Å². The smallest absolute Gasteiger partial charge is 0.395 e. The molecule has 0 saturated carbocycles. The van der Waals surface area contributed by atoms with Gasteiger partial charge in [-0.1, -0.05) is 0 Å². The number of halogens is 3. The number of benzene rings is 1. The van der Waals surface area contributed by atoms with Crippen molar-refractivity contribution < 1.29 is 22.6 Å². The van der Waals surface area contributed by atoms with E-state index < -0.39 is 12.5 Å². The van der Waals surface area contributed by atoms with Gasteiger partial charge >= 0.3 is 6.29 Å². The number of aromatic nitrogens is 2. The normalized spacial score (nSPS) is 21.9. The number of hydrogen-bond donors (Lipinski definition) is 0. The molecule has 174 valence electrons. The van der Waals surface area contributed by atoms with Gasteiger partial charge in [0.1, 0.15) is 6.17 Å². The van der Waals surface area contributed by atoms with Crippen molar-refractivity contribution >= 4 is 5.82 Å². The molecule has 3 aliphatic rings. The number of ether oxygens (including phenoxy) is 2. The number of likely N-dealkylation sites (tertiary alicyclic amines) is 1. The number of hydrogen-bond acceptors (Lipinski definition) is 6. The minimum Gasteiger partial charge on any atom is -0.395 e. The fraction of sp³-hybridized carbons (Fsp3) is 0.591. The monoisotopic (exact) mass is 451 g/mol. The Balaban J connectivity index is 1.18. The first kappa shape index (κ1) is 21.4. The van der Waals surface area contributed by atoms with Crippen LogP contribution in [0.2, 0.25) is 0 Å². The summed E-state index contributed by atoms with van der Waals surface area (Å²) in [4.78, 5) is 7.05. The van der Waals surface area contributed by atoms with E-state index >= 15 is 0 Å². The van der Waals surface area contributed by atoms with Crippen molar-refractivity contribution in [2.24, 2.45) is 0 Å². The van der Waals surface area contributed by atoms with E-state index in [1.54, 1.807) is 10.7 Å². The molecule has 0 atom stereocenters. The number of rotatable bonds is 5. The lowest BCUT2D eigenvalue weighted by atomic mass is 10.1. The van der Waals surface area contributed by atoms with Crippen LogP contribution in [-0.4, -0.2) is 84.4 Å². The maximum absolute atomic E-state index is 13.3. The molecule has 2 fully saturated rings. The van der Waals surface area contributed by atoms with Gasteiger partial charge in [0.15, 0.2) is 17.3 Å². The van der Waals surface area contributed by atoms with Gasteiger partial charge < -0.3 is 19.3 Å². The fourth-order valence-corrected chi connectivity index (χ4v) is 4.55. The number of nitrogens with zero attached hydrogens (tertiary/aromatic N) is 5. The Morgan fingerprint density at radius 1 is 0.938 bits per heavy atom. The number of anilines is 1. The van der Waals surface area contributed by atoms with Crippen molar-refractivity contribution in [1.82, 2.24) is 19.6 Å². The number of piperidine rings is 1. The van der Waals surface area contributed by atoms with E-state index in [2.05, 4.69) is 24.2 Å². The quantitative estimate of drug-likeness (QED) is 0.697. The van der Waals surface area contributed by atoms with Crippen LogP contribution in [0.1, 0.15) is 18.5 Å². The van der Waals surface area contributed by atoms with E-state index in [4.69, 9.17) is 5.10 Å². The topological polar surface area (TPSA) is 46.0 Å². The molecule has 0 amide bonds. The molecule has 0 bridgehead atoms. The van der Waals surface area contributed by atoms with Crippen LogP contribution < -0.4 is 14.4 Å². The van der Waals surface area contributed by atoms with Gasteiger partial charge in [0, 0.05) is 70.2 Å². The van der Waals surface area contributed by atoms with Gasteiger partial charge in [0.2, 0.25) is 0 Å². The van der Waals surface area contributed by atoms with Gasteiger partial charge in [-0.15, -0.1) is 8.78 Å². The SMILES string of the molecule is Cc1cc(N2CCN(CCN3CCC(F)CC3)CC2)nn1-c1ccc2c(c1)OC(F)(F)O2. The van der Waals surface area contributed by atoms with Crippen molar-refractivity contribution in [3.8, 4) is 17.2 Å². The van der Waals surface area contributed by atoms with Crippen LogP contribution in [0, 0.1) is 6.92 Å². The van der Waals surface area contributed by atoms with Crippen molar-refractivity contribution in [3.63, 3.8) is 0 Å². The molecule has 7 nitrogen and oxygen atoms in total. The Morgan fingerprint density at radius 2 is 1.59 bits per heavy atom. The Kier molecular flexibility index (Phi) is 5.66. The zero-order valence-electron chi connectivity index (χ0n) is 18.1. The minimum atomic E-state index is -3.63. The summed E-state index contributed by atoms with van der Waals surface area (Å²) in [5, 5.41) is 4.71. The average Bonchev–Trinajstić information content (AvgIpc) is 3.31. The summed E-state index contributed by atoms with van der Waals surface area (Å²) in [5.74, 6) is 0.900. The third kappa shape index (κ3) is 4.52. The molecule has 1 aromatic heterocycles. The summed E-state index contributed by atoms with van der Waals surface area (Å²) < 4.78 is 50.7. The lowest BCUT2D eigenvalue weighted by Crippen LogP contribution is -2.49. The highest BCUT2D eigenvalue weighted by Gasteiger charge is 2.43. The molecule has 0 radical (unpaired) electrons. The highest BCUT2D eigenvalue weighted by Crippen LogP contribution is 2.42. The van der Waals surface area contributed by atoms with Gasteiger partial charge in [-0.25, -0.2) is 9.07 Å². The molecule has 10 heteroatoms.